The van der Waals surface area contributed by atoms with Crippen LogP contribution < -0.4 is 0 Å². The normalized spacial score (nSPS) is 12.0. The van der Waals surface area contributed by atoms with Gasteiger partial charge in [-0.3, -0.25) is 0 Å². The van der Waals surface area contributed by atoms with Crippen molar-refractivity contribution in [1.29, 1.82) is 0 Å². The predicted octanol–water partition coefficient (Wildman–Crippen LogP) is 5.48. The summed E-state index contributed by atoms with van der Waals surface area (Å²) < 4.78 is -0.0131. The molecule has 0 amide bonds. The van der Waals surface area contributed by atoms with Crippen molar-refractivity contribution < 1.29 is 0 Å². The zero-order chi connectivity index (χ0) is 11.6. The first-order chi connectivity index (χ1) is 7.12. The fourth-order valence-corrected chi connectivity index (χ4v) is 2.41. The molecule has 0 aromatic rings. The smallest absolute Gasteiger partial charge is 0.0552 e. The monoisotopic (exact) mass is 248 g/mol. The standard InChI is InChI=1S/C13H28S2/c1-3-5-7-8-9-10-12-13(14,15)11-6-4-2/h14-15H,3-12H2,1-2H3. The summed E-state index contributed by atoms with van der Waals surface area (Å²) in [6, 6.07) is 0. The molecule has 0 unspecified atom stereocenters. The highest BCUT2D eigenvalue weighted by Gasteiger charge is 2.18. The highest BCUT2D eigenvalue weighted by Crippen LogP contribution is 2.32. The Hall–Kier alpha value is 0.700. The SMILES string of the molecule is CCCCCCCCC(S)(S)CCCC. The molecule has 0 aromatic heterocycles. The third-order valence-electron chi connectivity index (χ3n) is 2.86. The van der Waals surface area contributed by atoms with E-state index in [4.69, 9.17) is 0 Å². The van der Waals surface area contributed by atoms with Crippen LogP contribution in [0.4, 0.5) is 0 Å². The fraction of sp³-hybridized carbons (Fsp3) is 1.00. The van der Waals surface area contributed by atoms with Crippen molar-refractivity contribution in [2.75, 3.05) is 0 Å². The quantitative estimate of drug-likeness (QED) is 0.285. The van der Waals surface area contributed by atoms with Crippen LogP contribution in [-0.2, 0) is 0 Å². The molecule has 0 aliphatic rings. The highest BCUT2D eigenvalue weighted by molar-refractivity contribution is 8.00. The second-order valence-electron chi connectivity index (χ2n) is 4.60. The van der Waals surface area contributed by atoms with Gasteiger partial charge in [0.25, 0.3) is 0 Å². The molecule has 15 heavy (non-hydrogen) atoms. The Morgan fingerprint density at radius 1 is 0.667 bits per heavy atom. The van der Waals surface area contributed by atoms with E-state index in [-0.39, 0.29) is 4.08 Å². The topological polar surface area (TPSA) is 0 Å². The van der Waals surface area contributed by atoms with Gasteiger partial charge in [-0.25, -0.2) is 0 Å². The molecule has 2 heteroatoms. The molecule has 0 spiro atoms. The van der Waals surface area contributed by atoms with E-state index in [1.165, 1.54) is 51.4 Å². The van der Waals surface area contributed by atoms with Crippen LogP contribution >= 0.6 is 25.3 Å². The zero-order valence-corrected chi connectivity index (χ0v) is 12.3. The summed E-state index contributed by atoms with van der Waals surface area (Å²) in [4.78, 5) is 0. The molecule has 0 atom stereocenters. The van der Waals surface area contributed by atoms with Crippen molar-refractivity contribution in [3.05, 3.63) is 0 Å². The molecule has 0 bridgehead atoms. The first-order valence-electron chi connectivity index (χ1n) is 6.57. The highest BCUT2D eigenvalue weighted by atomic mass is 32.2. The van der Waals surface area contributed by atoms with Crippen LogP contribution in [0, 0.1) is 0 Å². The molecular formula is C13H28S2. The molecule has 0 fully saturated rings. The fourth-order valence-electron chi connectivity index (χ4n) is 1.77. The summed E-state index contributed by atoms with van der Waals surface area (Å²) in [5.74, 6) is 0. The van der Waals surface area contributed by atoms with E-state index in [9.17, 15) is 0 Å². The van der Waals surface area contributed by atoms with Crippen molar-refractivity contribution in [2.45, 2.75) is 82.1 Å². The number of unbranched alkanes of at least 4 members (excludes halogenated alkanes) is 6. The van der Waals surface area contributed by atoms with E-state index in [0.29, 0.717) is 0 Å². The summed E-state index contributed by atoms with van der Waals surface area (Å²) in [6.07, 6.45) is 13.0. The van der Waals surface area contributed by atoms with Crippen molar-refractivity contribution in [1.82, 2.24) is 0 Å². The van der Waals surface area contributed by atoms with E-state index in [2.05, 4.69) is 39.1 Å². The van der Waals surface area contributed by atoms with Crippen LogP contribution in [0.15, 0.2) is 0 Å². The number of thiol groups is 2. The Bertz CT molecular complexity index is 132. The Morgan fingerprint density at radius 2 is 1.13 bits per heavy atom. The van der Waals surface area contributed by atoms with Crippen LogP contribution in [0.3, 0.4) is 0 Å². The molecule has 0 nitrogen and oxygen atoms in total. The van der Waals surface area contributed by atoms with E-state index in [0.717, 1.165) is 12.8 Å². The second-order valence-corrected chi connectivity index (χ2v) is 6.67. The van der Waals surface area contributed by atoms with E-state index in [1.54, 1.807) is 0 Å². The lowest BCUT2D eigenvalue weighted by Gasteiger charge is -2.22. The average molecular weight is 249 g/mol. The lowest BCUT2D eigenvalue weighted by molar-refractivity contribution is 0.547. The van der Waals surface area contributed by atoms with Crippen LogP contribution in [0.2, 0.25) is 0 Å². The molecular weight excluding hydrogens is 220 g/mol. The summed E-state index contributed by atoms with van der Waals surface area (Å²) >= 11 is 9.26. The summed E-state index contributed by atoms with van der Waals surface area (Å²) in [6.45, 7) is 4.49. The van der Waals surface area contributed by atoms with Gasteiger partial charge in [0.1, 0.15) is 0 Å². The summed E-state index contributed by atoms with van der Waals surface area (Å²) in [5.41, 5.74) is 0. The maximum atomic E-state index is 4.63. The maximum absolute atomic E-state index is 4.63. The van der Waals surface area contributed by atoms with Crippen LogP contribution in [-0.4, -0.2) is 4.08 Å². The van der Waals surface area contributed by atoms with Gasteiger partial charge in [-0.05, 0) is 12.8 Å². The van der Waals surface area contributed by atoms with Gasteiger partial charge in [-0.2, -0.15) is 25.3 Å². The molecule has 0 N–H and O–H groups in total. The maximum Gasteiger partial charge on any atom is 0.0552 e. The van der Waals surface area contributed by atoms with E-state index < -0.39 is 0 Å². The molecule has 0 heterocycles. The molecule has 0 aliphatic heterocycles. The third-order valence-corrected chi connectivity index (χ3v) is 3.76. The predicted molar refractivity (Wildman–Crippen MR) is 78.2 cm³/mol. The Kier molecular flexibility index (Phi) is 10.4. The Morgan fingerprint density at radius 3 is 1.73 bits per heavy atom. The second kappa shape index (κ2) is 9.89. The van der Waals surface area contributed by atoms with Gasteiger partial charge in [-0.1, -0.05) is 65.2 Å². The molecule has 0 rings (SSSR count). The molecule has 0 saturated carbocycles. The first-order valence-corrected chi connectivity index (χ1v) is 7.46. The number of hydrogen-bond donors (Lipinski definition) is 2. The third kappa shape index (κ3) is 11.0. The van der Waals surface area contributed by atoms with Crippen molar-refractivity contribution in [3.8, 4) is 0 Å². The van der Waals surface area contributed by atoms with Gasteiger partial charge in [-0.15, -0.1) is 0 Å². The lowest BCUT2D eigenvalue weighted by atomic mass is 10.1. The summed E-state index contributed by atoms with van der Waals surface area (Å²) in [7, 11) is 0. The lowest BCUT2D eigenvalue weighted by Crippen LogP contribution is -2.12. The molecule has 0 radical (unpaired) electrons. The van der Waals surface area contributed by atoms with Gasteiger partial charge < -0.3 is 0 Å². The molecule has 0 aromatic carbocycles. The minimum absolute atomic E-state index is 0.0131. The minimum atomic E-state index is -0.0131. The molecule has 92 valence electrons. The van der Waals surface area contributed by atoms with E-state index >= 15 is 0 Å². The van der Waals surface area contributed by atoms with Crippen molar-refractivity contribution in [2.24, 2.45) is 0 Å². The summed E-state index contributed by atoms with van der Waals surface area (Å²) in [5, 5.41) is 0. The van der Waals surface area contributed by atoms with E-state index in [1.807, 2.05) is 0 Å². The van der Waals surface area contributed by atoms with Crippen LogP contribution in [0.25, 0.3) is 0 Å². The Balaban J connectivity index is 3.32. The van der Waals surface area contributed by atoms with Crippen molar-refractivity contribution in [3.63, 3.8) is 0 Å². The van der Waals surface area contributed by atoms with Crippen molar-refractivity contribution >= 4 is 25.3 Å². The molecule has 0 aliphatic carbocycles. The number of rotatable bonds is 10. The van der Waals surface area contributed by atoms with Gasteiger partial charge in [0.05, 0.1) is 4.08 Å². The Labute approximate surface area is 107 Å². The average Bonchev–Trinajstić information content (AvgIpc) is 2.20. The molecule has 0 saturated heterocycles. The largest absolute Gasteiger partial charge is 0.162 e. The minimum Gasteiger partial charge on any atom is -0.162 e. The first kappa shape index (κ1) is 15.7. The van der Waals surface area contributed by atoms with Crippen LogP contribution in [0.5, 0.6) is 0 Å². The number of hydrogen-bond acceptors (Lipinski definition) is 2. The van der Waals surface area contributed by atoms with Gasteiger partial charge in [0, 0.05) is 0 Å². The van der Waals surface area contributed by atoms with Gasteiger partial charge in [0.15, 0.2) is 0 Å². The van der Waals surface area contributed by atoms with Crippen LogP contribution in [0.1, 0.15) is 78.1 Å². The zero-order valence-electron chi connectivity index (χ0n) is 10.5. The van der Waals surface area contributed by atoms with Gasteiger partial charge in [0.2, 0.25) is 0 Å². The van der Waals surface area contributed by atoms with Gasteiger partial charge >= 0.3 is 0 Å².